The summed E-state index contributed by atoms with van der Waals surface area (Å²) in [5.74, 6) is 1.23. The molecule has 2 N–H and O–H groups in total. The maximum absolute atomic E-state index is 12.4. The Bertz CT molecular complexity index is 442. The second-order valence-electron chi connectivity index (χ2n) is 5.77. The van der Waals surface area contributed by atoms with Gasteiger partial charge in [-0.15, -0.1) is 0 Å². The smallest absolute Gasteiger partial charge is 0.227 e. The number of carbonyl (C=O) groups is 1. The van der Waals surface area contributed by atoms with E-state index >= 15 is 0 Å². The number of anilines is 1. The van der Waals surface area contributed by atoms with Gasteiger partial charge in [0.1, 0.15) is 0 Å². The molecule has 0 saturated heterocycles. The highest BCUT2D eigenvalue weighted by molar-refractivity contribution is 5.95. The number of fused-ring (bicyclic) bond motifs is 1. The van der Waals surface area contributed by atoms with E-state index in [2.05, 4.69) is 26.0 Å². The van der Waals surface area contributed by atoms with Crippen molar-refractivity contribution >= 4 is 11.6 Å². The Kier molecular flexibility index (Phi) is 4.59. The summed E-state index contributed by atoms with van der Waals surface area (Å²) in [4.78, 5) is 14.3. The summed E-state index contributed by atoms with van der Waals surface area (Å²) in [5.41, 5.74) is 8.06. The van der Waals surface area contributed by atoms with Gasteiger partial charge in [0.15, 0.2) is 0 Å². The van der Waals surface area contributed by atoms with Crippen molar-refractivity contribution in [2.45, 2.75) is 39.0 Å². The molecule has 0 aromatic heterocycles. The maximum Gasteiger partial charge on any atom is 0.227 e. The second-order valence-corrected chi connectivity index (χ2v) is 5.77. The van der Waals surface area contributed by atoms with Gasteiger partial charge in [0.2, 0.25) is 5.91 Å². The number of rotatable bonds is 5. The minimum atomic E-state index is 0.251. The predicted octanol–water partition coefficient (Wildman–Crippen LogP) is 2.90. The molecular weight excluding hydrogens is 236 g/mol. The van der Waals surface area contributed by atoms with Gasteiger partial charge < -0.3 is 10.6 Å². The normalized spacial score (nSPS) is 17.9. The summed E-state index contributed by atoms with van der Waals surface area (Å²) in [7, 11) is 0. The maximum atomic E-state index is 12.4. The first-order valence-electron chi connectivity index (χ1n) is 7.22. The lowest BCUT2D eigenvalue weighted by atomic mass is 9.98. The number of hydrogen-bond donors (Lipinski definition) is 1. The highest BCUT2D eigenvalue weighted by Gasteiger charge is 2.31. The van der Waals surface area contributed by atoms with Crippen molar-refractivity contribution < 1.29 is 4.79 Å². The molecule has 1 aliphatic heterocycles. The van der Waals surface area contributed by atoms with E-state index in [-0.39, 0.29) is 5.91 Å². The Morgan fingerprint density at radius 3 is 2.84 bits per heavy atom. The van der Waals surface area contributed by atoms with E-state index in [1.54, 1.807) is 0 Å². The molecule has 1 heterocycles. The molecule has 0 bridgehead atoms. The molecule has 1 aliphatic rings. The van der Waals surface area contributed by atoms with Gasteiger partial charge in [-0.2, -0.15) is 0 Å². The van der Waals surface area contributed by atoms with Crippen LogP contribution in [-0.2, 0) is 4.79 Å². The molecule has 0 aliphatic carbocycles. The first-order valence-corrected chi connectivity index (χ1v) is 7.22. The quantitative estimate of drug-likeness (QED) is 0.884. The third-order valence-electron chi connectivity index (χ3n) is 3.82. The number of nitrogens with two attached hydrogens (primary N) is 1. The number of benzene rings is 1. The first-order chi connectivity index (χ1) is 9.13. The molecule has 104 valence electrons. The van der Waals surface area contributed by atoms with Crippen LogP contribution in [0.5, 0.6) is 0 Å². The lowest BCUT2D eigenvalue weighted by molar-refractivity contribution is -0.118. The fourth-order valence-corrected chi connectivity index (χ4v) is 2.73. The van der Waals surface area contributed by atoms with E-state index < -0.39 is 0 Å². The van der Waals surface area contributed by atoms with E-state index in [0.717, 1.165) is 25.1 Å². The fraction of sp³-hybridized carbons (Fsp3) is 0.562. The van der Waals surface area contributed by atoms with Crippen molar-refractivity contribution in [1.82, 2.24) is 0 Å². The van der Waals surface area contributed by atoms with E-state index in [4.69, 9.17) is 5.73 Å². The molecule has 0 fully saturated rings. The molecule has 1 unspecified atom stereocenters. The third kappa shape index (κ3) is 3.16. The monoisotopic (exact) mass is 260 g/mol. The number of amides is 1. The standard InChI is InChI=1S/C16H24N2O/c1-12(2)7-8-16(19)18-11-13(9-10-17)14-5-3-4-6-15(14)18/h3-6,12-13H,7-11,17H2,1-2H3. The Morgan fingerprint density at radius 2 is 2.16 bits per heavy atom. The molecule has 19 heavy (non-hydrogen) atoms. The van der Waals surface area contributed by atoms with Crippen LogP contribution in [0.4, 0.5) is 5.69 Å². The topological polar surface area (TPSA) is 46.3 Å². The minimum absolute atomic E-state index is 0.251. The molecule has 3 heteroatoms. The van der Waals surface area contributed by atoms with Gasteiger partial charge in [-0.3, -0.25) is 4.79 Å². The van der Waals surface area contributed by atoms with Crippen molar-refractivity contribution in [2.75, 3.05) is 18.0 Å². The Labute approximate surface area is 115 Å². The molecule has 1 amide bonds. The van der Waals surface area contributed by atoms with Crippen molar-refractivity contribution in [3.05, 3.63) is 29.8 Å². The third-order valence-corrected chi connectivity index (χ3v) is 3.82. The van der Waals surface area contributed by atoms with E-state index in [1.165, 1.54) is 5.56 Å². The molecule has 1 atom stereocenters. The van der Waals surface area contributed by atoms with Crippen LogP contribution in [0, 0.1) is 5.92 Å². The number of nitrogens with zero attached hydrogens (tertiary/aromatic N) is 1. The SMILES string of the molecule is CC(C)CCC(=O)N1CC(CCN)c2ccccc21. The van der Waals surface area contributed by atoms with Gasteiger partial charge in [-0.25, -0.2) is 0 Å². The molecule has 1 aromatic rings. The van der Waals surface area contributed by atoms with Crippen LogP contribution in [0.1, 0.15) is 44.6 Å². The largest absolute Gasteiger partial charge is 0.330 e. The average Bonchev–Trinajstić information content (AvgIpc) is 2.76. The van der Waals surface area contributed by atoms with Crippen LogP contribution in [-0.4, -0.2) is 19.0 Å². The lowest BCUT2D eigenvalue weighted by Crippen LogP contribution is -2.30. The van der Waals surface area contributed by atoms with Gasteiger partial charge in [-0.1, -0.05) is 32.0 Å². The zero-order chi connectivity index (χ0) is 13.8. The fourth-order valence-electron chi connectivity index (χ4n) is 2.73. The Morgan fingerprint density at radius 1 is 1.42 bits per heavy atom. The van der Waals surface area contributed by atoms with Gasteiger partial charge in [0.05, 0.1) is 0 Å². The highest BCUT2D eigenvalue weighted by atomic mass is 16.2. The molecular formula is C16H24N2O. The summed E-state index contributed by atoms with van der Waals surface area (Å²) in [6.07, 6.45) is 2.55. The number of hydrogen-bond acceptors (Lipinski definition) is 2. The zero-order valence-electron chi connectivity index (χ0n) is 11.9. The first kappa shape index (κ1) is 14.1. The number of para-hydroxylation sites is 1. The average molecular weight is 260 g/mol. The molecule has 2 rings (SSSR count). The molecule has 1 aromatic carbocycles. The summed E-state index contributed by atoms with van der Waals surface area (Å²) in [6, 6.07) is 8.24. The van der Waals surface area contributed by atoms with Crippen molar-refractivity contribution in [2.24, 2.45) is 11.7 Å². The second kappa shape index (κ2) is 6.20. The number of carbonyl (C=O) groups excluding carboxylic acids is 1. The summed E-state index contributed by atoms with van der Waals surface area (Å²) < 4.78 is 0. The van der Waals surface area contributed by atoms with E-state index in [0.29, 0.717) is 24.8 Å². The molecule has 0 saturated carbocycles. The van der Waals surface area contributed by atoms with Crippen LogP contribution in [0.25, 0.3) is 0 Å². The van der Waals surface area contributed by atoms with Crippen molar-refractivity contribution in [3.63, 3.8) is 0 Å². The zero-order valence-corrected chi connectivity index (χ0v) is 11.9. The van der Waals surface area contributed by atoms with Crippen LogP contribution in [0.2, 0.25) is 0 Å². The van der Waals surface area contributed by atoms with E-state index in [9.17, 15) is 4.79 Å². The highest BCUT2D eigenvalue weighted by Crippen LogP contribution is 2.38. The van der Waals surface area contributed by atoms with E-state index in [1.807, 2.05) is 17.0 Å². The predicted molar refractivity (Wildman–Crippen MR) is 79.3 cm³/mol. The van der Waals surface area contributed by atoms with Gasteiger partial charge in [0.25, 0.3) is 0 Å². The van der Waals surface area contributed by atoms with Gasteiger partial charge >= 0.3 is 0 Å². The molecule has 0 radical (unpaired) electrons. The van der Waals surface area contributed by atoms with Gasteiger partial charge in [-0.05, 0) is 36.9 Å². The minimum Gasteiger partial charge on any atom is -0.330 e. The van der Waals surface area contributed by atoms with Crippen LogP contribution < -0.4 is 10.6 Å². The van der Waals surface area contributed by atoms with Crippen LogP contribution in [0.15, 0.2) is 24.3 Å². The van der Waals surface area contributed by atoms with Crippen molar-refractivity contribution in [3.8, 4) is 0 Å². The van der Waals surface area contributed by atoms with Gasteiger partial charge in [0, 0.05) is 24.6 Å². The van der Waals surface area contributed by atoms with Crippen molar-refractivity contribution in [1.29, 1.82) is 0 Å². The lowest BCUT2D eigenvalue weighted by Gasteiger charge is -2.18. The summed E-state index contributed by atoms with van der Waals surface area (Å²) in [6.45, 7) is 5.78. The summed E-state index contributed by atoms with van der Waals surface area (Å²) >= 11 is 0. The Hall–Kier alpha value is -1.35. The van der Waals surface area contributed by atoms with Crippen LogP contribution >= 0.6 is 0 Å². The summed E-state index contributed by atoms with van der Waals surface area (Å²) in [5, 5.41) is 0. The molecule has 3 nitrogen and oxygen atoms in total. The Balaban J connectivity index is 2.13. The van der Waals surface area contributed by atoms with Crippen LogP contribution in [0.3, 0.4) is 0 Å². The molecule has 0 spiro atoms.